The summed E-state index contributed by atoms with van der Waals surface area (Å²) < 4.78 is 0. The van der Waals surface area contributed by atoms with E-state index in [4.69, 9.17) is 5.11 Å². The predicted molar refractivity (Wildman–Crippen MR) is 80.1 cm³/mol. The molecule has 116 valence electrons. The van der Waals surface area contributed by atoms with Crippen molar-refractivity contribution in [1.82, 2.24) is 5.32 Å². The second kappa shape index (κ2) is 7.78. The van der Waals surface area contributed by atoms with Gasteiger partial charge in [0, 0.05) is 6.92 Å². The molecule has 0 bridgehead atoms. The van der Waals surface area contributed by atoms with Gasteiger partial charge in [0.15, 0.2) is 6.10 Å². The molecule has 0 heterocycles. The summed E-state index contributed by atoms with van der Waals surface area (Å²) in [6.07, 6.45) is -0.303. The van der Waals surface area contributed by atoms with Crippen molar-refractivity contribution in [2.75, 3.05) is 0 Å². The van der Waals surface area contributed by atoms with Gasteiger partial charge in [0.2, 0.25) is 5.91 Å². The molecule has 0 aliphatic heterocycles. The van der Waals surface area contributed by atoms with E-state index in [1.165, 1.54) is 12.5 Å². The molecule has 0 aliphatic rings. The SMILES string of the molecule is CCC(C)c1ccc(CC(NC(C)=O)C(O)C(=O)O)cc1. The van der Waals surface area contributed by atoms with Gasteiger partial charge in [-0.1, -0.05) is 38.1 Å². The lowest BCUT2D eigenvalue weighted by Gasteiger charge is -2.21. The van der Waals surface area contributed by atoms with Gasteiger partial charge in [-0.15, -0.1) is 0 Å². The van der Waals surface area contributed by atoms with Crippen molar-refractivity contribution < 1.29 is 19.8 Å². The Bertz CT molecular complexity index is 484. The van der Waals surface area contributed by atoms with Gasteiger partial charge in [-0.25, -0.2) is 4.79 Å². The molecule has 3 unspecified atom stereocenters. The van der Waals surface area contributed by atoms with Crippen molar-refractivity contribution in [2.45, 2.75) is 51.7 Å². The Hall–Kier alpha value is -1.88. The van der Waals surface area contributed by atoms with Crippen LogP contribution in [-0.4, -0.2) is 34.2 Å². The number of nitrogens with one attached hydrogen (secondary N) is 1. The van der Waals surface area contributed by atoms with Crippen LogP contribution in [0.15, 0.2) is 24.3 Å². The van der Waals surface area contributed by atoms with Gasteiger partial charge >= 0.3 is 5.97 Å². The maximum atomic E-state index is 11.1. The number of hydrogen-bond donors (Lipinski definition) is 3. The third kappa shape index (κ3) is 5.19. The van der Waals surface area contributed by atoms with Crippen LogP contribution in [0.1, 0.15) is 44.2 Å². The minimum atomic E-state index is -1.62. The number of hydrogen-bond acceptors (Lipinski definition) is 3. The molecule has 3 atom stereocenters. The number of amides is 1. The summed E-state index contributed by atoms with van der Waals surface area (Å²) in [7, 11) is 0. The number of aliphatic hydroxyl groups excluding tert-OH is 1. The van der Waals surface area contributed by atoms with Crippen molar-refractivity contribution in [3.63, 3.8) is 0 Å². The van der Waals surface area contributed by atoms with Gasteiger partial charge in [0.25, 0.3) is 0 Å². The van der Waals surface area contributed by atoms with Gasteiger partial charge in [0.05, 0.1) is 6.04 Å². The van der Waals surface area contributed by atoms with Crippen LogP contribution in [0, 0.1) is 0 Å². The molecule has 1 aromatic rings. The summed E-state index contributed by atoms with van der Waals surface area (Å²) in [5.74, 6) is -1.24. The Balaban J connectivity index is 2.83. The van der Waals surface area contributed by atoms with Crippen LogP contribution in [-0.2, 0) is 16.0 Å². The molecule has 1 aromatic carbocycles. The van der Waals surface area contributed by atoms with Crippen LogP contribution >= 0.6 is 0 Å². The molecule has 0 saturated heterocycles. The summed E-state index contributed by atoms with van der Waals surface area (Å²) in [5, 5.41) is 21.0. The summed E-state index contributed by atoms with van der Waals surface area (Å²) in [5.41, 5.74) is 2.09. The first kappa shape index (κ1) is 17.2. The molecular weight excluding hydrogens is 270 g/mol. The number of benzene rings is 1. The van der Waals surface area contributed by atoms with E-state index < -0.39 is 18.1 Å². The lowest BCUT2D eigenvalue weighted by Crippen LogP contribution is -2.47. The Kier molecular flexibility index (Phi) is 6.37. The molecule has 0 aliphatic carbocycles. The molecule has 0 fully saturated rings. The number of carbonyl (C=O) groups is 2. The fraction of sp³-hybridized carbons (Fsp3) is 0.500. The second-order valence-corrected chi connectivity index (χ2v) is 5.35. The molecule has 5 heteroatoms. The monoisotopic (exact) mass is 293 g/mol. The summed E-state index contributed by atoms with van der Waals surface area (Å²) in [6, 6.07) is 6.98. The minimum Gasteiger partial charge on any atom is -0.479 e. The zero-order valence-electron chi connectivity index (χ0n) is 12.7. The molecule has 0 aromatic heterocycles. The van der Waals surface area contributed by atoms with Crippen molar-refractivity contribution in [3.05, 3.63) is 35.4 Å². The van der Waals surface area contributed by atoms with Crippen LogP contribution in [0.3, 0.4) is 0 Å². The number of carboxylic acids is 1. The van der Waals surface area contributed by atoms with Crippen molar-refractivity contribution in [3.8, 4) is 0 Å². The fourth-order valence-electron chi connectivity index (χ4n) is 2.15. The first-order valence-electron chi connectivity index (χ1n) is 7.12. The number of rotatable bonds is 7. The van der Waals surface area contributed by atoms with E-state index in [0.717, 1.165) is 12.0 Å². The smallest absolute Gasteiger partial charge is 0.334 e. The predicted octanol–water partition coefficient (Wildman–Crippen LogP) is 1.69. The Morgan fingerprint density at radius 2 is 1.81 bits per heavy atom. The van der Waals surface area contributed by atoms with E-state index in [-0.39, 0.29) is 12.3 Å². The third-order valence-electron chi connectivity index (χ3n) is 3.64. The Labute approximate surface area is 125 Å². The maximum Gasteiger partial charge on any atom is 0.334 e. The molecule has 5 nitrogen and oxygen atoms in total. The van der Waals surface area contributed by atoms with Gasteiger partial charge in [0.1, 0.15) is 0 Å². The molecule has 0 saturated carbocycles. The minimum absolute atomic E-state index is 0.272. The fourth-order valence-corrected chi connectivity index (χ4v) is 2.15. The van der Waals surface area contributed by atoms with Crippen molar-refractivity contribution in [2.24, 2.45) is 0 Å². The van der Waals surface area contributed by atoms with Crippen LogP contribution < -0.4 is 5.32 Å². The van der Waals surface area contributed by atoms with Crippen molar-refractivity contribution in [1.29, 1.82) is 0 Å². The number of aliphatic hydroxyl groups is 1. The molecule has 0 radical (unpaired) electrons. The van der Waals surface area contributed by atoms with E-state index >= 15 is 0 Å². The largest absolute Gasteiger partial charge is 0.479 e. The van der Waals surface area contributed by atoms with Gasteiger partial charge < -0.3 is 15.5 Å². The van der Waals surface area contributed by atoms with Crippen molar-refractivity contribution >= 4 is 11.9 Å². The highest BCUT2D eigenvalue weighted by molar-refractivity contribution is 5.77. The summed E-state index contributed by atoms with van der Waals surface area (Å²) in [6.45, 7) is 5.56. The molecule has 3 N–H and O–H groups in total. The van der Waals surface area contributed by atoms with Gasteiger partial charge in [-0.2, -0.15) is 0 Å². The maximum absolute atomic E-state index is 11.1. The van der Waals surface area contributed by atoms with E-state index in [1.54, 1.807) is 0 Å². The summed E-state index contributed by atoms with van der Waals surface area (Å²) in [4.78, 5) is 22.0. The standard InChI is InChI=1S/C16H23NO4/c1-4-10(2)13-7-5-12(6-8-13)9-14(17-11(3)18)15(19)16(20)21/h5-8,10,14-15,19H,4,9H2,1-3H3,(H,17,18)(H,20,21). The molecule has 1 rings (SSSR count). The highest BCUT2D eigenvalue weighted by atomic mass is 16.4. The normalized spacial score (nSPS) is 15.0. The van der Waals surface area contributed by atoms with Crippen LogP contribution in [0.25, 0.3) is 0 Å². The zero-order chi connectivity index (χ0) is 16.0. The first-order chi connectivity index (χ1) is 9.85. The topological polar surface area (TPSA) is 86.6 Å². The quantitative estimate of drug-likeness (QED) is 0.714. The molecular formula is C16H23NO4. The van der Waals surface area contributed by atoms with Gasteiger partial charge in [-0.05, 0) is 29.9 Å². The lowest BCUT2D eigenvalue weighted by atomic mass is 9.95. The van der Waals surface area contributed by atoms with Crippen LogP contribution in [0.5, 0.6) is 0 Å². The highest BCUT2D eigenvalue weighted by Gasteiger charge is 2.26. The second-order valence-electron chi connectivity index (χ2n) is 5.35. The van der Waals surface area contributed by atoms with E-state index in [1.807, 2.05) is 24.3 Å². The van der Waals surface area contributed by atoms with E-state index in [2.05, 4.69) is 19.2 Å². The number of aliphatic carboxylic acids is 1. The van der Waals surface area contributed by atoms with E-state index in [0.29, 0.717) is 5.92 Å². The molecule has 21 heavy (non-hydrogen) atoms. The van der Waals surface area contributed by atoms with E-state index in [9.17, 15) is 14.7 Å². The van der Waals surface area contributed by atoms with Gasteiger partial charge in [-0.3, -0.25) is 4.79 Å². The lowest BCUT2D eigenvalue weighted by molar-refractivity contribution is -0.148. The first-order valence-corrected chi connectivity index (χ1v) is 7.12. The average molecular weight is 293 g/mol. The van der Waals surface area contributed by atoms with Crippen LogP contribution in [0.2, 0.25) is 0 Å². The zero-order valence-corrected chi connectivity index (χ0v) is 12.7. The average Bonchev–Trinajstić information content (AvgIpc) is 2.45. The van der Waals surface area contributed by atoms with Crippen LogP contribution in [0.4, 0.5) is 0 Å². The number of carbonyl (C=O) groups excluding carboxylic acids is 1. The summed E-state index contributed by atoms with van der Waals surface area (Å²) >= 11 is 0. The highest BCUT2D eigenvalue weighted by Crippen LogP contribution is 2.19. The third-order valence-corrected chi connectivity index (χ3v) is 3.64. The number of carboxylic acid groups (broad SMARTS) is 1. The Morgan fingerprint density at radius 1 is 1.24 bits per heavy atom. The molecule has 1 amide bonds. The Morgan fingerprint density at radius 3 is 2.24 bits per heavy atom. The molecule has 0 spiro atoms.